The van der Waals surface area contributed by atoms with Gasteiger partial charge in [-0.05, 0) is 25.7 Å². The van der Waals surface area contributed by atoms with Gasteiger partial charge in [0.1, 0.15) is 0 Å². The van der Waals surface area contributed by atoms with Gasteiger partial charge in [-0.25, -0.2) is 0 Å². The van der Waals surface area contributed by atoms with Crippen LogP contribution in [-0.2, 0) is 4.79 Å². The van der Waals surface area contributed by atoms with E-state index in [4.69, 9.17) is 5.73 Å². The van der Waals surface area contributed by atoms with E-state index in [0.29, 0.717) is 13.1 Å². The third-order valence-electron chi connectivity index (χ3n) is 3.79. The lowest BCUT2D eigenvalue weighted by molar-refractivity contribution is -0.133. The maximum Gasteiger partial charge on any atom is 0.288 e. The number of H-pyrrole nitrogens is 1. The smallest absolute Gasteiger partial charge is 0.288 e. The van der Waals surface area contributed by atoms with Crippen LogP contribution in [0.1, 0.15) is 36.3 Å². The van der Waals surface area contributed by atoms with Crippen LogP contribution in [-0.4, -0.2) is 51.0 Å². The van der Waals surface area contributed by atoms with Crippen LogP contribution in [0.15, 0.2) is 0 Å². The van der Waals surface area contributed by atoms with Gasteiger partial charge in [0, 0.05) is 25.0 Å². The van der Waals surface area contributed by atoms with Gasteiger partial charge in [0.25, 0.3) is 5.91 Å². The van der Waals surface area contributed by atoms with Crippen molar-refractivity contribution in [3.8, 4) is 0 Å². The average molecular weight is 278 g/mol. The van der Waals surface area contributed by atoms with Crippen molar-refractivity contribution in [2.75, 3.05) is 18.8 Å². The first-order chi connectivity index (χ1) is 9.63. The molecule has 0 bridgehead atoms. The number of aromatic nitrogens is 3. The van der Waals surface area contributed by atoms with Crippen LogP contribution >= 0.6 is 0 Å². The van der Waals surface area contributed by atoms with Crippen molar-refractivity contribution >= 4 is 17.8 Å². The third-order valence-corrected chi connectivity index (χ3v) is 3.79. The van der Waals surface area contributed by atoms with Crippen molar-refractivity contribution in [1.29, 1.82) is 0 Å². The number of nitrogen functional groups attached to an aromatic ring is 1. The second-order valence-corrected chi connectivity index (χ2v) is 5.39. The van der Waals surface area contributed by atoms with E-state index in [2.05, 4.69) is 20.5 Å². The zero-order chi connectivity index (χ0) is 14.1. The van der Waals surface area contributed by atoms with Gasteiger partial charge in [-0.1, -0.05) is 0 Å². The minimum absolute atomic E-state index is 0.0556. The Labute approximate surface area is 116 Å². The number of aromatic amines is 1. The molecule has 2 amide bonds. The van der Waals surface area contributed by atoms with Gasteiger partial charge in [0.05, 0.1) is 0 Å². The Morgan fingerprint density at radius 3 is 2.50 bits per heavy atom. The molecule has 1 aromatic rings. The average Bonchev–Trinajstić information content (AvgIpc) is 3.20. The summed E-state index contributed by atoms with van der Waals surface area (Å²) in [5.74, 6) is 0.413. The molecular formula is C12H18N6O2. The quantitative estimate of drug-likeness (QED) is 0.690. The Balaban J connectivity index is 1.48. The highest BCUT2D eigenvalue weighted by atomic mass is 16.2. The van der Waals surface area contributed by atoms with Gasteiger partial charge >= 0.3 is 0 Å². The molecule has 2 heterocycles. The van der Waals surface area contributed by atoms with E-state index in [0.717, 1.165) is 25.7 Å². The summed E-state index contributed by atoms with van der Waals surface area (Å²) in [6.45, 7) is 1.41. The Morgan fingerprint density at radius 2 is 1.95 bits per heavy atom. The van der Waals surface area contributed by atoms with Crippen molar-refractivity contribution in [3.63, 3.8) is 0 Å². The summed E-state index contributed by atoms with van der Waals surface area (Å²) in [4.78, 5) is 29.5. The van der Waals surface area contributed by atoms with Crippen LogP contribution in [0, 0.1) is 5.92 Å². The highest BCUT2D eigenvalue weighted by Crippen LogP contribution is 2.31. The molecule has 2 aliphatic rings. The van der Waals surface area contributed by atoms with Crippen LogP contribution in [0.5, 0.6) is 0 Å². The molecule has 1 aromatic heterocycles. The summed E-state index contributed by atoms with van der Waals surface area (Å²) in [7, 11) is 0. The molecule has 108 valence electrons. The molecule has 1 aliphatic carbocycles. The lowest BCUT2D eigenvalue weighted by Gasteiger charge is -2.32. The number of carbonyl (C=O) groups is 2. The molecule has 1 saturated heterocycles. The summed E-state index contributed by atoms with van der Waals surface area (Å²) in [6.07, 6.45) is 3.60. The molecule has 4 N–H and O–H groups in total. The molecule has 20 heavy (non-hydrogen) atoms. The van der Waals surface area contributed by atoms with Gasteiger partial charge in [-0.2, -0.15) is 4.98 Å². The van der Waals surface area contributed by atoms with Crippen molar-refractivity contribution < 1.29 is 9.59 Å². The SMILES string of the molecule is Nc1n[nH]c(C(=O)NC2CCN(C(=O)C3CC3)CC2)n1. The fourth-order valence-electron chi connectivity index (χ4n) is 2.46. The standard InChI is InChI=1S/C12H18N6O2/c13-12-15-9(16-17-12)10(19)14-8-3-5-18(6-4-8)11(20)7-1-2-7/h7-8H,1-6H2,(H,14,19)(H3,13,15,16,17). The van der Waals surface area contributed by atoms with Crippen molar-refractivity contribution in [2.24, 2.45) is 5.92 Å². The number of carbonyl (C=O) groups excluding carboxylic acids is 2. The molecule has 0 atom stereocenters. The Bertz CT molecular complexity index is 516. The largest absolute Gasteiger partial charge is 0.366 e. The molecule has 1 aliphatic heterocycles. The molecule has 8 nitrogen and oxygen atoms in total. The number of anilines is 1. The summed E-state index contributed by atoms with van der Waals surface area (Å²) in [5, 5.41) is 8.99. The molecule has 0 aromatic carbocycles. The Morgan fingerprint density at radius 1 is 1.25 bits per heavy atom. The number of rotatable bonds is 3. The molecule has 0 spiro atoms. The van der Waals surface area contributed by atoms with Crippen LogP contribution in [0.25, 0.3) is 0 Å². The zero-order valence-electron chi connectivity index (χ0n) is 11.1. The Kier molecular flexibility index (Phi) is 3.29. The normalized spacial score (nSPS) is 19.9. The van der Waals surface area contributed by atoms with E-state index in [-0.39, 0.29) is 35.5 Å². The fourth-order valence-corrected chi connectivity index (χ4v) is 2.46. The van der Waals surface area contributed by atoms with Crippen molar-refractivity contribution in [2.45, 2.75) is 31.7 Å². The van der Waals surface area contributed by atoms with E-state index in [1.165, 1.54) is 0 Å². The summed E-state index contributed by atoms with van der Waals surface area (Å²) in [6, 6.07) is 0.0667. The molecule has 0 unspecified atom stereocenters. The Hall–Kier alpha value is -2.12. The molecule has 1 saturated carbocycles. The second kappa shape index (κ2) is 5.10. The number of hydrogen-bond donors (Lipinski definition) is 3. The number of likely N-dealkylation sites (tertiary alicyclic amines) is 1. The monoisotopic (exact) mass is 278 g/mol. The zero-order valence-corrected chi connectivity index (χ0v) is 11.1. The van der Waals surface area contributed by atoms with Crippen LogP contribution < -0.4 is 11.1 Å². The van der Waals surface area contributed by atoms with Crippen LogP contribution in [0.2, 0.25) is 0 Å². The first-order valence-corrected chi connectivity index (χ1v) is 6.91. The minimum atomic E-state index is -0.304. The van der Waals surface area contributed by atoms with Gasteiger partial charge in [-0.15, -0.1) is 5.10 Å². The predicted molar refractivity (Wildman–Crippen MR) is 70.6 cm³/mol. The number of nitrogens with one attached hydrogen (secondary N) is 2. The summed E-state index contributed by atoms with van der Waals surface area (Å²) < 4.78 is 0. The van der Waals surface area contributed by atoms with Gasteiger partial charge < -0.3 is 16.0 Å². The van der Waals surface area contributed by atoms with Crippen molar-refractivity contribution in [1.82, 2.24) is 25.4 Å². The number of piperidine rings is 1. The van der Waals surface area contributed by atoms with Gasteiger partial charge in [0.15, 0.2) is 0 Å². The predicted octanol–water partition coefficient (Wildman–Crippen LogP) is -0.482. The van der Waals surface area contributed by atoms with Crippen LogP contribution in [0.3, 0.4) is 0 Å². The van der Waals surface area contributed by atoms with Crippen LogP contribution in [0.4, 0.5) is 5.95 Å². The third kappa shape index (κ3) is 2.73. The van der Waals surface area contributed by atoms with E-state index in [9.17, 15) is 9.59 Å². The number of hydrogen-bond acceptors (Lipinski definition) is 5. The van der Waals surface area contributed by atoms with Crippen molar-refractivity contribution in [3.05, 3.63) is 5.82 Å². The van der Waals surface area contributed by atoms with Gasteiger partial charge in [-0.3, -0.25) is 14.7 Å². The molecule has 8 heteroatoms. The lowest BCUT2D eigenvalue weighted by Crippen LogP contribution is -2.47. The van der Waals surface area contributed by atoms with E-state index >= 15 is 0 Å². The number of nitrogens with zero attached hydrogens (tertiary/aromatic N) is 3. The molecule has 2 fully saturated rings. The second-order valence-electron chi connectivity index (χ2n) is 5.39. The van der Waals surface area contributed by atoms with E-state index in [1.807, 2.05) is 4.90 Å². The first-order valence-electron chi connectivity index (χ1n) is 6.91. The first kappa shape index (κ1) is 12.9. The van der Waals surface area contributed by atoms with E-state index < -0.39 is 0 Å². The molecular weight excluding hydrogens is 260 g/mol. The highest BCUT2D eigenvalue weighted by molar-refractivity contribution is 5.90. The summed E-state index contributed by atoms with van der Waals surface area (Å²) >= 11 is 0. The molecule has 3 rings (SSSR count). The maximum atomic E-state index is 11.9. The highest BCUT2D eigenvalue weighted by Gasteiger charge is 2.35. The topological polar surface area (TPSA) is 117 Å². The number of nitrogens with two attached hydrogens (primary N) is 1. The minimum Gasteiger partial charge on any atom is -0.366 e. The number of amides is 2. The maximum absolute atomic E-state index is 11.9. The fraction of sp³-hybridized carbons (Fsp3) is 0.667. The molecule has 0 radical (unpaired) electrons. The van der Waals surface area contributed by atoms with E-state index in [1.54, 1.807) is 0 Å². The summed E-state index contributed by atoms with van der Waals surface area (Å²) in [5.41, 5.74) is 5.36. The van der Waals surface area contributed by atoms with Gasteiger partial charge in [0.2, 0.25) is 17.7 Å². The lowest BCUT2D eigenvalue weighted by atomic mass is 10.0.